The Morgan fingerprint density at radius 2 is 2.10 bits per heavy atom. The highest BCUT2D eigenvalue weighted by Gasteiger charge is 2.26. The molecule has 1 N–H and O–H groups in total. The van der Waals surface area contributed by atoms with Gasteiger partial charge >= 0.3 is 0 Å². The minimum absolute atomic E-state index is 0.0886. The number of hydrogen-bond donors (Lipinski definition) is 1. The maximum atomic E-state index is 11.0. The molecule has 0 aliphatic heterocycles. The van der Waals surface area contributed by atoms with E-state index in [1.54, 1.807) is 20.9 Å². The van der Waals surface area contributed by atoms with Crippen LogP contribution in [0.2, 0.25) is 0 Å². The Bertz CT molecular complexity index is 121. The summed E-state index contributed by atoms with van der Waals surface area (Å²) in [5, 5.41) is 2.53. The first-order chi connectivity index (χ1) is 4.54. The quantitative estimate of drug-likeness (QED) is 0.629. The van der Waals surface area contributed by atoms with Crippen molar-refractivity contribution >= 4 is 5.91 Å². The van der Waals surface area contributed by atoms with Crippen LogP contribution in [0.25, 0.3) is 0 Å². The first-order valence-electron chi connectivity index (χ1n) is 3.40. The van der Waals surface area contributed by atoms with Gasteiger partial charge in [-0.05, 0) is 20.8 Å². The second kappa shape index (κ2) is 3.56. The van der Waals surface area contributed by atoms with E-state index in [-0.39, 0.29) is 5.91 Å². The number of likely N-dealkylation sites (N-methyl/N-ethyl adjacent to an activating group) is 1. The average Bonchev–Trinajstić information content (AvgIpc) is 1.86. The predicted molar refractivity (Wildman–Crippen MR) is 39.8 cm³/mol. The average molecular weight is 145 g/mol. The van der Waals surface area contributed by atoms with Gasteiger partial charge in [0, 0.05) is 13.7 Å². The molecule has 0 aromatic carbocycles. The summed E-state index contributed by atoms with van der Waals surface area (Å²) < 4.78 is 5.17. The van der Waals surface area contributed by atoms with Crippen LogP contribution < -0.4 is 5.32 Å². The van der Waals surface area contributed by atoms with Crippen molar-refractivity contribution in [2.45, 2.75) is 26.4 Å². The molecule has 0 saturated carbocycles. The normalized spacial score (nSPS) is 11.2. The van der Waals surface area contributed by atoms with Gasteiger partial charge in [0.25, 0.3) is 5.91 Å². The highest BCUT2D eigenvalue weighted by molar-refractivity contribution is 5.83. The Labute approximate surface area is 61.8 Å². The molecular formula is C7H15NO2. The Kier molecular flexibility index (Phi) is 3.36. The molecule has 0 heterocycles. The van der Waals surface area contributed by atoms with Gasteiger partial charge in [0.1, 0.15) is 5.60 Å². The van der Waals surface area contributed by atoms with Crippen LogP contribution >= 0.6 is 0 Å². The molecule has 0 bridgehead atoms. The monoisotopic (exact) mass is 145 g/mol. The Morgan fingerprint density at radius 1 is 1.60 bits per heavy atom. The molecule has 0 spiro atoms. The van der Waals surface area contributed by atoms with E-state index >= 15 is 0 Å². The smallest absolute Gasteiger partial charge is 0.251 e. The summed E-state index contributed by atoms with van der Waals surface area (Å²) in [6, 6.07) is 0. The topological polar surface area (TPSA) is 38.3 Å². The van der Waals surface area contributed by atoms with Crippen molar-refractivity contribution in [2.24, 2.45) is 0 Å². The third-order valence-corrected chi connectivity index (χ3v) is 1.28. The second-order valence-corrected chi connectivity index (χ2v) is 2.52. The second-order valence-electron chi connectivity index (χ2n) is 2.52. The molecule has 0 rings (SSSR count). The molecule has 0 aliphatic carbocycles. The lowest BCUT2D eigenvalue weighted by Gasteiger charge is -2.21. The van der Waals surface area contributed by atoms with Gasteiger partial charge in [-0.1, -0.05) is 0 Å². The molecule has 3 nitrogen and oxygen atoms in total. The number of hydrogen-bond acceptors (Lipinski definition) is 2. The molecule has 10 heavy (non-hydrogen) atoms. The van der Waals surface area contributed by atoms with Crippen LogP contribution in [-0.4, -0.2) is 25.2 Å². The fourth-order valence-electron chi connectivity index (χ4n) is 0.727. The molecular weight excluding hydrogens is 130 g/mol. The van der Waals surface area contributed by atoms with Gasteiger partial charge in [-0.25, -0.2) is 0 Å². The van der Waals surface area contributed by atoms with Crippen LogP contribution in [0.3, 0.4) is 0 Å². The van der Waals surface area contributed by atoms with Gasteiger partial charge in [0.2, 0.25) is 0 Å². The lowest BCUT2D eigenvalue weighted by molar-refractivity contribution is -0.141. The van der Waals surface area contributed by atoms with Gasteiger partial charge in [0.05, 0.1) is 0 Å². The third kappa shape index (κ3) is 2.35. The van der Waals surface area contributed by atoms with Gasteiger partial charge in [-0.3, -0.25) is 4.79 Å². The minimum Gasteiger partial charge on any atom is -0.366 e. The van der Waals surface area contributed by atoms with Crippen molar-refractivity contribution in [3.05, 3.63) is 0 Å². The predicted octanol–water partition coefficient (Wildman–Crippen LogP) is 0.547. The van der Waals surface area contributed by atoms with Crippen LogP contribution in [0.1, 0.15) is 20.8 Å². The molecule has 0 unspecified atom stereocenters. The number of ether oxygens (including phenoxy) is 1. The number of amides is 1. The van der Waals surface area contributed by atoms with E-state index in [1.165, 1.54) is 0 Å². The van der Waals surface area contributed by atoms with E-state index in [0.717, 1.165) is 0 Å². The maximum absolute atomic E-state index is 11.0. The summed E-state index contributed by atoms with van der Waals surface area (Å²) in [6.45, 7) is 5.91. The van der Waals surface area contributed by atoms with Crippen molar-refractivity contribution in [2.75, 3.05) is 13.7 Å². The molecule has 1 amide bonds. The zero-order valence-electron chi connectivity index (χ0n) is 7.02. The van der Waals surface area contributed by atoms with Gasteiger partial charge in [-0.2, -0.15) is 0 Å². The van der Waals surface area contributed by atoms with Crippen molar-refractivity contribution in [3.8, 4) is 0 Å². The molecule has 0 saturated heterocycles. The SMILES string of the molecule is CCOC(C)(C)C(=O)NC. The lowest BCUT2D eigenvalue weighted by atomic mass is 10.1. The van der Waals surface area contributed by atoms with Gasteiger partial charge < -0.3 is 10.1 Å². The molecule has 0 aromatic rings. The van der Waals surface area contributed by atoms with Crippen molar-refractivity contribution in [1.29, 1.82) is 0 Å². The molecule has 0 atom stereocenters. The molecule has 0 aliphatic rings. The summed E-state index contributed by atoms with van der Waals surface area (Å²) in [5.41, 5.74) is -0.691. The van der Waals surface area contributed by atoms with E-state index < -0.39 is 5.60 Å². The Balaban J connectivity index is 3.96. The zero-order chi connectivity index (χ0) is 8.20. The highest BCUT2D eigenvalue weighted by Crippen LogP contribution is 2.07. The Morgan fingerprint density at radius 3 is 2.40 bits per heavy atom. The van der Waals surface area contributed by atoms with E-state index in [4.69, 9.17) is 4.74 Å². The van der Waals surface area contributed by atoms with Gasteiger partial charge in [-0.15, -0.1) is 0 Å². The number of carbonyl (C=O) groups is 1. The van der Waals surface area contributed by atoms with Gasteiger partial charge in [0.15, 0.2) is 0 Å². The minimum atomic E-state index is -0.691. The number of carbonyl (C=O) groups excluding carboxylic acids is 1. The van der Waals surface area contributed by atoms with Crippen LogP contribution in [-0.2, 0) is 9.53 Å². The molecule has 0 aromatic heterocycles. The number of rotatable bonds is 3. The zero-order valence-corrected chi connectivity index (χ0v) is 7.02. The first kappa shape index (κ1) is 9.43. The van der Waals surface area contributed by atoms with Crippen LogP contribution in [0.4, 0.5) is 0 Å². The molecule has 3 heteroatoms. The summed E-state index contributed by atoms with van der Waals surface area (Å²) in [7, 11) is 1.60. The van der Waals surface area contributed by atoms with E-state index in [2.05, 4.69) is 5.32 Å². The summed E-state index contributed by atoms with van der Waals surface area (Å²) in [6.07, 6.45) is 0. The van der Waals surface area contributed by atoms with Crippen molar-refractivity contribution in [3.63, 3.8) is 0 Å². The Hall–Kier alpha value is -0.570. The van der Waals surface area contributed by atoms with Crippen LogP contribution in [0, 0.1) is 0 Å². The number of nitrogens with one attached hydrogen (secondary N) is 1. The lowest BCUT2D eigenvalue weighted by Crippen LogP contribution is -2.42. The standard InChI is InChI=1S/C7H15NO2/c1-5-10-7(2,3)6(9)8-4/h5H2,1-4H3,(H,8,9). The van der Waals surface area contributed by atoms with E-state index in [1.807, 2.05) is 6.92 Å². The van der Waals surface area contributed by atoms with Crippen molar-refractivity contribution < 1.29 is 9.53 Å². The largest absolute Gasteiger partial charge is 0.366 e. The van der Waals surface area contributed by atoms with Crippen LogP contribution in [0.15, 0.2) is 0 Å². The van der Waals surface area contributed by atoms with E-state index in [0.29, 0.717) is 6.61 Å². The molecule has 0 radical (unpaired) electrons. The third-order valence-electron chi connectivity index (χ3n) is 1.28. The van der Waals surface area contributed by atoms with E-state index in [9.17, 15) is 4.79 Å². The fourth-order valence-corrected chi connectivity index (χ4v) is 0.727. The summed E-state index contributed by atoms with van der Waals surface area (Å²) >= 11 is 0. The first-order valence-corrected chi connectivity index (χ1v) is 3.40. The highest BCUT2D eigenvalue weighted by atomic mass is 16.5. The summed E-state index contributed by atoms with van der Waals surface area (Å²) in [4.78, 5) is 11.0. The summed E-state index contributed by atoms with van der Waals surface area (Å²) in [5.74, 6) is -0.0886. The van der Waals surface area contributed by atoms with Crippen molar-refractivity contribution in [1.82, 2.24) is 5.32 Å². The fraction of sp³-hybridized carbons (Fsp3) is 0.857. The van der Waals surface area contributed by atoms with Crippen LogP contribution in [0.5, 0.6) is 0 Å². The molecule has 60 valence electrons. The molecule has 0 fully saturated rings. The maximum Gasteiger partial charge on any atom is 0.251 e.